The van der Waals surface area contributed by atoms with Gasteiger partial charge in [-0.2, -0.15) is 0 Å². The fourth-order valence-corrected chi connectivity index (χ4v) is 1.02. The molecule has 0 atom stereocenters. The Hall–Kier alpha value is 2.00. The molecular weight excluding hydrogens is 194 g/mol. The van der Waals surface area contributed by atoms with Gasteiger partial charge in [0.25, 0.3) is 0 Å². The maximum absolute atomic E-state index is 4.74. The standard InChI is InChI=1S/C2H2N2S3.2Na/c5-1-2(6)7-4-3-1;;/h4H,(H,3,5);;. The monoisotopic (exact) mass is 196 g/mol. The van der Waals surface area contributed by atoms with Gasteiger partial charge in [0.2, 0.25) is 0 Å². The van der Waals surface area contributed by atoms with Gasteiger partial charge in [0, 0.05) is 59.1 Å². The molecule has 0 spiro atoms. The second kappa shape index (κ2) is 6.69. The fourth-order valence-electron chi connectivity index (χ4n) is 0.216. The van der Waals surface area contributed by atoms with E-state index in [1.165, 1.54) is 11.5 Å². The van der Waals surface area contributed by atoms with Crippen molar-refractivity contribution in [1.29, 1.82) is 0 Å². The fraction of sp³-hybridized carbons (Fsp3) is 0. The van der Waals surface area contributed by atoms with E-state index < -0.39 is 0 Å². The van der Waals surface area contributed by atoms with Crippen LogP contribution in [0.25, 0.3) is 0 Å². The summed E-state index contributed by atoms with van der Waals surface area (Å²) >= 11 is 10.8. The van der Waals surface area contributed by atoms with Crippen molar-refractivity contribution in [2.75, 3.05) is 0 Å². The van der Waals surface area contributed by atoms with Gasteiger partial charge in [-0.25, -0.2) is 0 Å². The number of aromatic nitrogens is 2. The molecule has 1 rings (SSSR count). The molecule has 0 bridgehead atoms. The molecule has 1 heterocycles. The van der Waals surface area contributed by atoms with Crippen LogP contribution in [0, 0.1) is 8.46 Å². The van der Waals surface area contributed by atoms with Gasteiger partial charge in [0.15, 0.2) is 0 Å². The van der Waals surface area contributed by atoms with Crippen LogP contribution in [-0.4, -0.2) is 68.7 Å². The average molecular weight is 196 g/mol. The zero-order chi connectivity index (χ0) is 5.28. The van der Waals surface area contributed by atoms with Crippen molar-refractivity contribution in [3.8, 4) is 0 Å². The number of nitrogens with one attached hydrogen (secondary N) is 2. The molecule has 1 aromatic rings. The molecule has 2 N–H and O–H groups in total. The van der Waals surface area contributed by atoms with Crippen molar-refractivity contribution < 1.29 is 0 Å². The molecule has 0 amide bonds. The molecule has 0 aliphatic rings. The van der Waals surface area contributed by atoms with Crippen molar-refractivity contribution in [3.05, 3.63) is 8.46 Å². The summed E-state index contributed by atoms with van der Waals surface area (Å²) in [5, 5.41) is 2.67. The number of hydrogen-bond donors (Lipinski definition) is 2. The van der Waals surface area contributed by atoms with Crippen LogP contribution in [-0.2, 0) is 0 Å². The Morgan fingerprint density at radius 1 is 1.22 bits per heavy atom. The van der Waals surface area contributed by atoms with Gasteiger partial charge >= 0.3 is 0 Å². The van der Waals surface area contributed by atoms with E-state index in [4.69, 9.17) is 24.4 Å². The minimum absolute atomic E-state index is 0. The van der Waals surface area contributed by atoms with E-state index >= 15 is 0 Å². The van der Waals surface area contributed by atoms with E-state index in [1.54, 1.807) is 0 Å². The number of H-pyrrole nitrogens is 2. The first-order valence-electron chi connectivity index (χ1n) is 1.57. The Morgan fingerprint density at radius 2 is 1.78 bits per heavy atom. The number of rotatable bonds is 0. The molecule has 2 radical (unpaired) electrons. The first-order valence-corrected chi connectivity index (χ1v) is 3.20. The van der Waals surface area contributed by atoms with E-state index in [-0.39, 0.29) is 59.1 Å². The minimum atomic E-state index is 0. The molecular formula is C2H2N2Na2S3. The smallest absolute Gasteiger partial charge is 0.148 e. The summed E-state index contributed by atoms with van der Waals surface area (Å²) in [7, 11) is 0. The van der Waals surface area contributed by atoms with Crippen molar-refractivity contribution in [2.24, 2.45) is 0 Å². The van der Waals surface area contributed by atoms with Gasteiger partial charge in [-0.1, -0.05) is 24.4 Å². The summed E-state index contributed by atoms with van der Waals surface area (Å²) in [5.41, 5.74) is 0. The van der Waals surface area contributed by atoms with Crippen LogP contribution in [0.5, 0.6) is 0 Å². The first kappa shape index (κ1) is 13.6. The van der Waals surface area contributed by atoms with E-state index in [0.29, 0.717) is 4.64 Å². The first-order chi connectivity index (χ1) is 3.30. The number of aromatic amines is 2. The topological polar surface area (TPSA) is 31.6 Å². The zero-order valence-electron chi connectivity index (χ0n) is 5.22. The Morgan fingerprint density at radius 3 is 1.89 bits per heavy atom. The molecule has 0 aliphatic heterocycles. The molecule has 0 saturated carbocycles. The second-order valence-corrected chi connectivity index (χ2v) is 2.84. The third-order valence-corrected chi connectivity index (χ3v) is 2.11. The van der Waals surface area contributed by atoms with Crippen LogP contribution >= 0.6 is 36.0 Å². The molecule has 0 aliphatic carbocycles. The normalized spacial score (nSPS) is 7.11. The van der Waals surface area contributed by atoms with Crippen LogP contribution in [0.15, 0.2) is 0 Å². The Bertz CT molecular complexity index is 222. The molecule has 40 valence electrons. The third-order valence-electron chi connectivity index (χ3n) is 0.494. The quantitative estimate of drug-likeness (QED) is 0.481. The van der Waals surface area contributed by atoms with Gasteiger partial charge in [0.1, 0.15) is 8.46 Å². The Balaban J connectivity index is 0. The number of hydrogen-bond acceptors (Lipinski definition) is 3. The molecule has 9 heavy (non-hydrogen) atoms. The predicted molar refractivity (Wildman–Crippen MR) is 46.2 cm³/mol. The minimum Gasteiger partial charge on any atom is -0.280 e. The molecule has 0 saturated heterocycles. The van der Waals surface area contributed by atoms with Crippen molar-refractivity contribution in [1.82, 2.24) is 9.59 Å². The maximum atomic E-state index is 4.74. The van der Waals surface area contributed by atoms with Crippen molar-refractivity contribution in [2.45, 2.75) is 0 Å². The summed E-state index contributed by atoms with van der Waals surface area (Å²) in [6.45, 7) is 0. The maximum Gasteiger partial charge on any atom is 0.148 e. The molecule has 0 aromatic carbocycles. The molecule has 0 unspecified atom stereocenters. The summed E-state index contributed by atoms with van der Waals surface area (Å²) in [6.07, 6.45) is 0. The Labute approximate surface area is 111 Å². The summed E-state index contributed by atoms with van der Waals surface area (Å²) in [5.74, 6) is 0. The third kappa shape index (κ3) is 4.44. The SMILES string of the molecule is S=c1[nH][nH]sc1=S.[Na].[Na]. The summed E-state index contributed by atoms with van der Waals surface area (Å²) in [6, 6.07) is 0. The van der Waals surface area contributed by atoms with Crippen LogP contribution in [0.2, 0.25) is 0 Å². The largest absolute Gasteiger partial charge is 0.280 e. The van der Waals surface area contributed by atoms with Crippen molar-refractivity contribution in [3.63, 3.8) is 0 Å². The Kier molecular flexibility index (Phi) is 10.1. The van der Waals surface area contributed by atoms with Gasteiger partial charge in [-0.15, -0.1) is 0 Å². The van der Waals surface area contributed by atoms with Crippen LogP contribution in [0.3, 0.4) is 0 Å². The van der Waals surface area contributed by atoms with E-state index in [9.17, 15) is 0 Å². The summed E-state index contributed by atoms with van der Waals surface area (Å²) in [4.78, 5) is 0. The van der Waals surface area contributed by atoms with Crippen molar-refractivity contribution >= 4 is 95.1 Å². The van der Waals surface area contributed by atoms with E-state index in [0.717, 1.165) is 3.82 Å². The average Bonchev–Trinajstić information content (AvgIpc) is 1.91. The van der Waals surface area contributed by atoms with Gasteiger partial charge in [-0.05, 0) is 11.5 Å². The van der Waals surface area contributed by atoms with Crippen LogP contribution in [0.1, 0.15) is 0 Å². The molecule has 1 aromatic heterocycles. The molecule has 7 heteroatoms. The van der Waals surface area contributed by atoms with E-state index in [1.807, 2.05) is 0 Å². The summed E-state index contributed by atoms with van der Waals surface area (Å²) < 4.78 is 4.05. The predicted octanol–water partition coefficient (Wildman–Crippen LogP) is 1.10. The zero-order valence-corrected chi connectivity index (χ0v) is 11.7. The second-order valence-electron chi connectivity index (χ2n) is 0.946. The van der Waals surface area contributed by atoms with Gasteiger partial charge in [0.05, 0.1) is 0 Å². The van der Waals surface area contributed by atoms with Crippen LogP contribution < -0.4 is 0 Å². The molecule has 0 fully saturated rings. The van der Waals surface area contributed by atoms with Gasteiger partial charge < -0.3 is 0 Å². The van der Waals surface area contributed by atoms with Gasteiger partial charge in [-0.3, -0.25) is 9.59 Å². The molecule has 2 nitrogen and oxygen atoms in total. The van der Waals surface area contributed by atoms with E-state index in [2.05, 4.69) is 9.59 Å². The van der Waals surface area contributed by atoms with Crippen LogP contribution in [0.4, 0.5) is 0 Å².